The second kappa shape index (κ2) is 9.67. The summed E-state index contributed by atoms with van der Waals surface area (Å²) in [5.74, 6) is -1.11. The van der Waals surface area contributed by atoms with E-state index in [1.54, 1.807) is 24.3 Å². The molecule has 29 heavy (non-hydrogen) atoms. The van der Waals surface area contributed by atoms with Crippen LogP contribution in [0.4, 0.5) is 4.79 Å². The minimum atomic E-state index is -0.994. The van der Waals surface area contributed by atoms with Crippen molar-refractivity contribution in [3.8, 4) is 0 Å². The Kier molecular flexibility index (Phi) is 7.00. The Balaban J connectivity index is 1.55. The van der Waals surface area contributed by atoms with E-state index in [1.807, 2.05) is 30.3 Å². The number of rotatable bonds is 6. The van der Waals surface area contributed by atoms with Crippen molar-refractivity contribution in [2.24, 2.45) is 0 Å². The summed E-state index contributed by atoms with van der Waals surface area (Å²) < 4.78 is 11.2. The fourth-order valence-electron chi connectivity index (χ4n) is 2.99. The van der Waals surface area contributed by atoms with Crippen molar-refractivity contribution in [2.45, 2.75) is 25.2 Å². The van der Waals surface area contributed by atoms with E-state index in [9.17, 15) is 19.5 Å². The molecule has 0 unspecified atom stereocenters. The van der Waals surface area contributed by atoms with Gasteiger partial charge in [-0.25, -0.2) is 9.59 Å². The molecule has 0 radical (unpaired) electrons. The molecule has 2 atom stereocenters. The summed E-state index contributed by atoms with van der Waals surface area (Å²) in [6.07, 6.45) is -1.54. The smallest absolute Gasteiger partial charge is 0.410 e. The Morgan fingerprint density at radius 3 is 2.41 bits per heavy atom. The van der Waals surface area contributed by atoms with Crippen molar-refractivity contribution in [3.05, 3.63) is 70.2 Å². The van der Waals surface area contributed by atoms with E-state index in [2.05, 4.69) is 15.9 Å². The van der Waals surface area contributed by atoms with Crippen LogP contribution in [0.15, 0.2) is 59.1 Å². The molecule has 1 fully saturated rings. The fraction of sp³-hybridized carbons (Fsp3) is 0.286. The molecule has 1 aliphatic rings. The monoisotopic (exact) mass is 461 g/mol. The third-order valence-corrected chi connectivity index (χ3v) is 5.03. The van der Waals surface area contributed by atoms with Crippen molar-refractivity contribution in [3.63, 3.8) is 0 Å². The minimum Gasteiger partial charge on any atom is -0.456 e. The predicted octanol–water partition coefficient (Wildman–Crippen LogP) is 2.95. The van der Waals surface area contributed by atoms with E-state index >= 15 is 0 Å². The van der Waals surface area contributed by atoms with Gasteiger partial charge in [0, 0.05) is 16.5 Å². The number of hydrogen-bond donors (Lipinski definition) is 1. The fourth-order valence-corrected chi connectivity index (χ4v) is 3.26. The van der Waals surface area contributed by atoms with Gasteiger partial charge in [0.25, 0.3) is 0 Å². The summed E-state index contributed by atoms with van der Waals surface area (Å²) in [4.78, 5) is 38.1. The number of nitrogens with zero attached hydrogens (tertiary/aromatic N) is 1. The van der Waals surface area contributed by atoms with Gasteiger partial charge in [-0.3, -0.25) is 9.69 Å². The van der Waals surface area contributed by atoms with Crippen LogP contribution in [0.2, 0.25) is 0 Å². The number of benzene rings is 2. The first-order valence-corrected chi connectivity index (χ1v) is 9.84. The highest BCUT2D eigenvalue weighted by Crippen LogP contribution is 2.21. The molecule has 1 saturated heterocycles. The summed E-state index contributed by atoms with van der Waals surface area (Å²) >= 11 is 3.29. The van der Waals surface area contributed by atoms with Gasteiger partial charge in [-0.1, -0.05) is 58.4 Å². The molecule has 0 spiro atoms. The van der Waals surface area contributed by atoms with Gasteiger partial charge in [-0.2, -0.15) is 0 Å². The number of aliphatic hydroxyl groups is 1. The van der Waals surface area contributed by atoms with Gasteiger partial charge in [-0.15, -0.1) is 0 Å². The van der Waals surface area contributed by atoms with Gasteiger partial charge < -0.3 is 14.6 Å². The van der Waals surface area contributed by atoms with E-state index in [0.29, 0.717) is 5.56 Å². The number of carbonyl (C=O) groups is 3. The molecule has 1 aliphatic heterocycles. The molecule has 1 heterocycles. The maximum Gasteiger partial charge on any atom is 0.410 e. The van der Waals surface area contributed by atoms with E-state index in [4.69, 9.17) is 9.47 Å². The molecule has 2 aromatic rings. The second-order valence-electron chi connectivity index (χ2n) is 6.64. The van der Waals surface area contributed by atoms with Crippen molar-refractivity contribution < 1.29 is 29.0 Å². The van der Waals surface area contributed by atoms with Crippen LogP contribution < -0.4 is 0 Å². The van der Waals surface area contributed by atoms with Gasteiger partial charge in [0.2, 0.25) is 0 Å². The lowest BCUT2D eigenvalue weighted by Gasteiger charge is -2.22. The number of ketones is 1. The maximum absolute atomic E-state index is 12.4. The molecule has 3 rings (SSSR count). The average molecular weight is 462 g/mol. The first kappa shape index (κ1) is 21.0. The van der Waals surface area contributed by atoms with Gasteiger partial charge in [0.1, 0.15) is 12.6 Å². The largest absolute Gasteiger partial charge is 0.456 e. The van der Waals surface area contributed by atoms with E-state index in [-0.39, 0.29) is 25.4 Å². The standard InChI is InChI=1S/C21H20BrNO6/c22-16-8-6-15(7-9-16)19(25)13-28-20(26)18-10-17(24)11-23(18)21(27)29-12-14-4-2-1-3-5-14/h1-9,17-18,24H,10-13H2/t17-,18-/m0/s1. The molecular weight excluding hydrogens is 442 g/mol. The summed E-state index contributed by atoms with van der Waals surface area (Å²) in [6, 6.07) is 14.8. The van der Waals surface area contributed by atoms with Crippen molar-refractivity contribution in [1.29, 1.82) is 0 Å². The number of esters is 1. The Bertz CT molecular complexity index is 870. The number of amides is 1. The highest BCUT2D eigenvalue weighted by Gasteiger charge is 2.41. The number of Topliss-reactive ketones (excluding diaryl/α,β-unsaturated/α-hetero) is 1. The van der Waals surface area contributed by atoms with Gasteiger partial charge in [-0.05, 0) is 17.7 Å². The first-order valence-electron chi connectivity index (χ1n) is 9.05. The molecule has 0 aromatic heterocycles. The molecular formula is C21H20BrNO6. The average Bonchev–Trinajstić information content (AvgIpc) is 3.13. The second-order valence-corrected chi connectivity index (χ2v) is 7.55. The van der Waals surface area contributed by atoms with Crippen LogP contribution in [0.25, 0.3) is 0 Å². The Morgan fingerprint density at radius 2 is 1.72 bits per heavy atom. The minimum absolute atomic E-state index is 0.0335. The number of β-amino-alcohol motifs (C(OH)–C–C–N with tert-alkyl or cyclic N) is 1. The third kappa shape index (κ3) is 5.65. The summed E-state index contributed by atoms with van der Waals surface area (Å²) in [7, 11) is 0. The summed E-state index contributed by atoms with van der Waals surface area (Å²) in [5.41, 5.74) is 1.21. The number of aliphatic hydroxyl groups excluding tert-OH is 1. The van der Waals surface area contributed by atoms with E-state index in [0.717, 1.165) is 14.9 Å². The van der Waals surface area contributed by atoms with Crippen LogP contribution in [0, 0.1) is 0 Å². The molecule has 7 nitrogen and oxygen atoms in total. The van der Waals surface area contributed by atoms with Crippen LogP contribution >= 0.6 is 15.9 Å². The van der Waals surface area contributed by atoms with Crippen LogP contribution in [0.1, 0.15) is 22.3 Å². The summed E-state index contributed by atoms with van der Waals surface area (Å²) in [6.45, 7) is -0.426. The molecule has 0 saturated carbocycles. The predicted molar refractivity (Wildman–Crippen MR) is 107 cm³/mol. The first-order chi connectivity index (χ1) is 13.9. The van der Waals surface area contributed by atoms with Crippen LogP contribution in [0.5, 0.6) is 0 Å². The van der Waals surface area contributed by atoms with Gasteiger partial charge in [0.05, 0.1) is 12.6 Å². The molecule has 8 heteroatoms. The zero-order valence-corrected chi connectivity index (χ0v) is 17.1. The topological polar surface area (TPSA) is 93.1 Å². The third-order valence-electron chi connectivity index (χ3n) is 4.50. The highest BCUT2D eigenvalue weighted by atomic mass is 79.9. The number of hydrogen-bond acceptors (Lipinski definition) is 6. The molecule has 1 N–H and O–H groups in total. The zero-order valence-electron chi connectivity index (χ0n) is 15.5. The number of ether oxygens (including phenoxy) is 2. The Hall–Kier alpha value is -2.71. The lowest BCUT2D eigenvalue weighted by Crippen LogP contribution is -2.42. The lowest BCUT2D eigenvalue weighted by atomic mass is 10.1. The van der Waals surface area contributed by atoms with Crippen molar-refractivity contribution in [2.75, 3.05) is 13.2 Å². The van der Waals surface area contributed by atoms with E-state index < -0.39 is 30.8 Å². The number of likely N-dealkylation sites (tertiary alicyclic amines) is 1. The number of halogens is 1. The quantitative estimate of drug-likeness (QED) is 0.524. The lowest BCUT2D eigenvalue weighted by molar-refractivity contribution is -0.147. The van der Waals surface area contributed by atoms with E-state index in [1.165, 1.54) is 0 Å². The Morgan fingerprint density at radius 1 is 1.03 bits per heavy atom. The molecule has 0 aliphatic carbocycles. The normalized spacial score (nSPS) is 18.3. The number of carbonyl (C=O) groups excluding carboxylic acids is 3. The molecule has 152 valence electrons. The maximum atomic E-state index is 12.4. The SMILES string of the molecule is O=C(COC(=O)[C@@H]1C[C@H](O)CN1C(=O)OCc1ccccc1)c1ccc(Br)cc1. The Labute approximate surface area is 176 Å². The van der Waals surface area contributed by atoms with Crippen LogP contribution in [0.3, 0.4) is 0 Å². The van der Waals surface area contributed by atoms with Crippen LogP contribution in [-0.2, 0) is 20.9 Å². The van der Waals surface area contributed by atoms with Crippen molar-refractivity contribution in [1.82, 2.24) is 4.90 Å². The molecule has 0 bridgehead atoms. The van der Waals surface area contributed by atoms with Crippen molar-refractivity contribution >= 4 is 33.8 Å². The zero-order chi connectivity index (χ0) is 20.8. The molecule has 2 aromatic carbocycles. The van der Waals surface area contributed by atoms with Crippen LogP contribution in [-0.4, -0.2) is 53.1 Å². The van der Waals surface area contributed by atoms with Gasteiger partial charge in [0.15, 0.2) is 12.4 Å². The van der Waals surface area contributed by atoms with Gasteiger partial charge >= 0.3 is 12.1 Å². The highest BCUT2D eigenvalue weighted by molar-refractivity contribution is 9.10. The molecule has 1 amide bonds. The summed E-state index contributed by atoms with van der Waals surface area (Å²) in [5, 5.41) is 9.91.